The second kappa shape index (κ2) is 44.1. The number of carbonyl (C=O) groups excluding carboxylic acids is 1. The van der Waals surface area contributed by atoms with Crippen LogP contribution in [-0.4, -0.2) is 17.0 Å². The van der Waals surface area contributed by atoms with E-state index in [-0.39, 0.29) is 5.91 Å². The number of aliphatic carboxylic acids is 1. The molecule has 0 heterocycles. The SMILES string of the molecule is NC(=O)CCCCCCCCCCCCCCCCCCCCCCCCCCCCCCCCCCCCCCCCCCCCC(=O)O. The largest absolute Gasteiger partial charge is 0.481 e. The number of carbonyl (C=O) groups is 2. The molecule has 0 atom stereocenters. The molecule has 0 aromatic heterocycles. The van der Waals surface area contributed by atoms with E-state index in [0.717, 1.165) is 25.7 Å². The van der Waals surface area contributed by atoms with Crippen LogP contribution in [0.15, 0.2) is 0 Å². The zero-order valence-corrected chi connectivity index (χ0v) is 34.0. The van der Waals surface area contributed by atoms with Crippen LogP contribution in [0.4, 0.5) is 0 Å². The summed E-state index contributed by atoms with van der Waals surface area (Å²) in [5, 5.41) is 8.66. The lowest BCUT2D eigenvalue weighted by atomic mass is 10.0. The number of nitrogens with two attached hydrogens (primary N) is 1. The third-order valence-corrected chi connectivity index (χ3v) is 11.1. The first kappa shape index (κ1) is 48.9. The molecule has 0 aliphatic rings. The number of hydrogen-bond donors (Lipinski definition) is 2. The summed E-state index contributed by atoms with van der Waals surface area (Å²) in [6.45, 7) is 0. The van der Waals surface area contributed by atoms with Crippen LogP contribution in [0, 0.1) is 0 Å². The Bertz CT molecular complexity index is 610. The van der Waals surface area contributed by atoms with E-state index in [1.54, 1.807) is 0 Å². The van der Waals surface area contributed by atoms with Crippen molar-refractivity contribution >= 4 is 11.9 Å². The van der Waals surface area contributed by atoms with E-state index < -0.39 is 5.97 Å². The standard InChI is InChI=1S/C46H91NO3/c47-45(48)43-41-39-37-35-33-31-29-27-25-23-21-19-17-15-13-11-9-7-5-3-1-2-4-6-8-10-12-14-16-18-20-22-24-26-28-30-32-34-36-38-40-42-44-46(49)50/h1-44H2,(H2,47,48)(H,49,50). The summed E-state index contributed by atoms with van der Waals surface area (Å²) in [7, 11) is 0. The van der Waals surface area contributed by atoms with Gasteiger partial charge in [-0.25, -0.2) is 0 Å². The summed E-state index contributed by atoms with van der Waals surface area (Å²) in [6, 6.07) is 0. The van der Waals surface area contributed by atoms with Gasteiger partial charge in [0.1, 0.15) is 0 Å². The van der Waals surface area contributed by atoms with Crippen molar-refractivity contribution in [3.05, 3.63) is 0 Å². The van der Waals surface area contributed by atoms with Crippen molar-refractivity contribution in [3.63, 3.8) is 0 Å². The van der Waals surface area contributed by atoms with E-state index >= 15 is 0 Å². The molecule has 0 bridgehead atoms. The van der Waals surface area contributed by atoms with Gasteiger partial charge >= 0.3 is 5.97 Å². The molecule has 0 aromatic rings. The van der Waals surface area contributed by atoms with Gasteiger partial charge in [-0.15, -0.1) is 0 Å². The van der Waals surface area contributed by atoms with E-state index in [2.05, 4.69) is 0 Å². The van der Waals surface area contributed by atoms with Gasteiger partial charge in [-0.3, -0.25) is 9.59 Å². The van der Waals surface area contributed by atoms with Crippen molar-refractivity contribution in [3.8, 4) is 0 Å². The first-order valence-electron chi connectivity index (χ1n) is 23.1. The average molecular weight is 706 g/mol. The van der Waals surface area contributed by atoms with Crippen molar-refractivity contribution < 1.29 is 14.7 Å². The minimum Gasteiger partial charge on any atom is -0.481 e. The van der Waals surface area contributed by atoms with Crippen LogP contribution in [-0.2, 0) is 9.59 Å². The molecule has 0 saturated carbocycles. The number of carboxylic acids is 1. The fourth-order valence-electron chi connectivity index (χ4n) is 7.65. The molecule has 1 amide bonds. The van der Waals surface area contributed by atoms with Crippen LogP contribution in [0.5, 0.6) is 0 Å². The highest BCUT2D eigenvalue weighted by Crippen LogP contribution is 2.18. The summed E-state index contributed by atoms with van der Waals surface area (Å²) >= 11 is 0. The quantitative estimate of drug-likeness (QED) is 0.0619. The van der Waals surface area contributed by atoms with Gasteiger partial charge in [0.25, 0.3) is 0 Å². The minimum absolute atomic E-state index is 0.151. The number of unbranched alkanes of at least 4 members (excludes halogenated alkanes) is 41. The van der Waals surface area contributed by atoms with Gasteiger partial charge in [-0.05, 0) is 12.8 Å². The van der Waals surface area contributed by atoms with Crippen molar-refractivity contribution in [1.29, 1.82) is 0 Å². The normalized spacial score (nSPS) is 11.4. The predicted octanol–water partition coefficient (Wildman–Crippen LogP) is 15.7. The second-order valence-electron chi connectivity index (χ2n) is 16.2. The summed E-state index contributed by atoms with van der Waals surface area (Å²) in [4.78, 5) is 21.2. The Kier molecular flexibility index (Phi) is 43.2. The van der Waals surface area contributed by atoms with Gasteiger partial charge in [0.15, 0.2) is 0 Å². The minimum atomic E-state index is -0.650. The molecule has 4 nitrogen and oxygen atoms in total. The fourth-order valence-corrected chi connectivity index (χ4v) is 7.65. The Morgan fingerprint density at radius 2 is 0.360 bits per heavy atom. The maximum Gasteiger partial charge on any atom is 0.303 e. The van der Waals surface area contributed by atoms with Crippen LogP contribution in [0.2, 0.25) is 0 Å². The summed E-state index contributed by atoms with van der Waals surface area (Å²) in [6.07, 6.45) is 59.1. The number of hydrogen-bond acceptors (Lipinski definition) is 2. The molecule has 0 aliphatic carbocycles. The Balaban J connectivity index is 3.06. The average Bonchev–Trinajstić information content (AvgIpc) is 3.10. The third-order valence-electron chi connectivity index (χ3n) is 11.1. The summed E-state index contributed by atoms with van der Waals surface area (Å²) in [5.74, 6) is -0.800. The molecule has 0 radical (unpaired) electrons. The highest BCUT2D eigenvalue weighted by atomic mass is 16.4. The van der Waals surface area contributed by atoms with Gasteiger partial charge in [-0.1, -0.05) is 257 Å². The molecule has 0 rings (SSSR count). The first-order chi connectivity index (χ1) is 24.6. The molecule has 0 saturated heterocycles. The lowest BCUT2D eigenvalue weighted by molar-refractivity contribution is -0.137. The van der Waals surface area contributed by atoms with E-state index in [0.29, 0.717) is 12.8 Å². The molecule has 298 valence electrons. The summed E-state index contributed by atoms with van der Waals surface area (Å²) < 4.78 is 0. The van der Waals surface area contributed by atoms with Gasteiger partial charge < -0.3 is 10.8 Å². The zero-order valence-electron chi connectivity index (χ0n) is 34.0. The Morgan fingerprint density at radius 1 is 0.240 bits per heavy atom. The summed E-state index contributed by atoms with van der Waals surface area (Å²) in [5.41, 5.74) is 5.18. The number of rotatable bonds is 45. The number of amides is 1. The highest BCUT2D eigenvalue weighted by Gasteiger charge is 2.00. The van der Waals surface area contributed by atoms with Crippen molar-refractivity contribution in [1.82, 2.24) is 0 Å². The van der Waals surface area contributed by atoms with Gasteiger partial charge in [0, 0.05) is 12.8 Å². The van der Waals surface area contributed by atoms with Crippen LogP contribution < -0.4 is 5.73 Å². The van der Waals surface area contributed by atoms with Crippen LogP contribution in [0.25, 0.3) is 0 Å². The van der Waals surface area contributed by atoms with Crippen molar-refractivity contribution in [2.45, 2.75) is 283 Å². The Labute approximate surface area is 314 Å². The monoisotopic (exact) mass is 706 g/mol. The van der Waals surface area contributed by atoms with Gasteiger partial charge in [-0.2, -0.15) is 0 Å². The first-order valence-corrected chi connectivity index (χ1v) is 23.1. The van der Waals surface area contributed by atoms with Crippen molar-refractivity contribution in [2.75, 3.05) is 0 Å². The molecule has 50 heavy (non-hydrogen) atoms. The molecule has 0 aromatic carbocycles. The maximum atomic E-state index is 10.7. The van der Waals surface area contributed by atoms with Gasteiger partial charge in [0.05, 0.1) is 0 Å². The Hall–Kier alpha value is -1.06. The predicted molar refractivity (Wildman–Crippen MR) is 220 cm³/mol. The Morgan fingerprint density at radius 3 is 0.480 bits per heavy atom. The van der Waals surface area contributed by atoms with Crippen LogP contribution >= 0.6 is 0 Å². The van der Waals surface area contributed by atoms with E-state index in [9.17, 15) is 9.59 Å². The highest BCUT2D eigenvalue weighted by molar-refractivity contribution is 5.73. The lowest BCUT2D eigenvalue weighted by Crippen LogP contribution is -2.09. The fraction of sp³-hybridized carbons (Fsp3) is 0.957. The smallest absolute Gasteiger partial charge is 0.303 e. The van der Waals surface area contributed by atoms with E-state index in [1.807, 2.05) is 0 Å². The van der Waals surface area contributed by atoms with E-state index in [1.165, 1.54) is 244 Å². The van der Waals surface area contributed by atoms with E-state index in [4.69, 9.17) is 10.8 Å². The molecule has 0 spiro atoms. The number of carboxylic acid groups (broad SMARTS) is 1. The molecular weight excluding hydrogens is 615 g/mol. The molecular formula is C46H91NO3. The third kappa shape index (κ3) is 46.9. The number of primary amides is 1. The van der Waals surface area contributed by atoms with Crippen LogP contribution in [0.1, 0.15) is 283 Å². The van der Waals surface area contributed by atoms with Crippen LogP contribution in [0.3, 0.4) is 0 Å². The molecule has 3 N–H and O–H groups in total. The topological polar surface area (TPSA) is 80.4 Å². The van der Waals surface area contributed by atoms with Crippen molar-refractivity contribution in [2.24, 2.45) is 5.73 Å². The second-order valence-corrected chi connectivity index (χ2v) is 16.2. The molecule has 0 aliphatic heterocycles. The van der Waals surface area contributed by atoms with Gasteiger partial charge in [0.2, 0.25) is 5.91 Å². The lowest BCUT2D eigenvalue weighted by Gasteiger charge is -2.05. The molecule has 0 unspecified atom stereocenters. The zero-order chi connectivity index (χ0) is 36.3. The molecule has 4 heteroatoms. The maximum absolute atomic E-state index is 10.7. The molecule has 0 fully saturated rings.